The first-order chi connectivity index (χ1) is 9.33. The van der Waals surface area contributed by atoms with E-state index in [0.29, 0.717) is 5.92 Å². The van der Waals surface area contributed by atoms with Gasteiger partial charge in [-0.05, 0) is 54.0 Å². The van der Waals surface area contributed by atoms with Crippen LogP contribution in [0.2, 0.25) is 0 Å². The highest BCUT2D eigenvalue weighted by Crippen LogP contribution is 2.42. The Labute approximate surface area is 119 Å². The summed E-state index contributed by atoms with van der Waals surface area (Å²) in [5.41, 5.74) is 4.47. The summed E-state index contributed by atoms with van der Waals surface area (Å²) in [6, 6.07) is 15.2. The summed E-state index contributed by atoms with van der Waals surface area (Å²) in [7, 11) is 1.71. The number of hydrogen-bond acceptors (Lipinski definition) is 2. The van der Waals surface area contributed by atoms with E-state index in [0.717, 1.165) is 5.75 Å². The van der Waals surface area contributed by atoms with E-state index < -0.39 is 0 Å². The van der Waals surface area contributed by atoms with Gasteiger partial charge in [-0.25, -0.2) is 0 Å². The molecule has 0 radical (unpaired) electrons. The fourth-order valence-corrected chi connectivity index (χ4v) is 3.70. The number of ether oxygens (including phenoxy) is 1. The Balaban J connectivity index is 2.01. The van der Waals surface area contributed by atoms with E-state index in [1.54, 1.807) is 12.7 Å². The van der Waals surface area contributed by atoms with Crippen molar-refractivity contribution in [3.8, 4) is 5.75 Å². The minimum Gasteiger partial charge on any atom is -0.497 e. The topological polar surface area (TPSA) is 9.23 Å². The third kappa shape index (κ3) is 2.25. The van der Waals surface area contributed by atoms with E-state index in [-0.39, 0.29) is 0 Å². The summed E-state index contributed by atoms with van der Waals surface area (Å²) < 4.78 is 5.24. The van der Waals surface area contributed by atoms with Gasteiger partial charge in [-0.2, -0.15) is 0 Å². The van der Waals surface area contributed by atoms with Gasteiger partial charge in [-0.3, -0.25) is 0 Å². The summed E-state index contributed by atoms with van der Waals surface area (Å²) in [5.74, 6) is 1.48. The zero-order valence-electron chi connectivity index (χ0n) is 11.3. The molecule has 2 heteroatoms. The van der Waals surface area contributed by atoms with E-state index in [1.165, 1.54) is 28.9 Å². The lowest BCUT2D eigenvalue weighted by molar-refractivity contribution is 0.414. The number of rotatable bonds is 3. The predicted octanol–water partition coefficient (Wildman–Crippen LogP) is 4.50. The molecule has 2 aromatic rings. The Bertz CT molecular complexity index is 574. The van der Waals surface area contributed by atoms with Crippen LogP contribution in [0.5, 0.6) is 5.75 Å². The van der Waals surface area contributed by atoms with Gasteiger partial charge in [-0.1, -0.05) is 24.3 Å². The van der Waals surface area contributed by atoms with E-state index in [2.05, 4.69) is 48.7 Å². The van der Waals surface area contributed by atoms with Crippen molar-refractivity contribution in [3.05, 3.63) is 59.2 Å². The molecular formula is C17H18OS. The zero-order chi connectivity index (χ0) is 13.2. The first-order valence-corrected chi connectivity index (χ1v) is 7.85. The van der Waals surface area contributed by atoms with Crippen LogP contribution >= 0.6 is 11.8 Å². The second-order valence-corrected chi connectivity index (χ2v) is 5.75. The molecule has 1 aliphatic carbocycles. The van der Waals surface area contributed by atoms with Gasteiger partial charge < -0.3 is 4.74 Å². The number of methoxy groups -OCH3 is 1. The predicted molar refractivity (Wildman–Crippen MR) is 81.4 cm³/mol. The lowest BCUT2D eigenvalue weighted by Crippen LogP contribution is -1.98. The fourth-order valence-electron chi connectivity index (χ4n) is 2.99. The standard InChI is InChI=1S/C17H18OS/c1-18-14-9-6-12(7-10-14)15-11-8-13-4-3-5-16(19-2)17(13)15/h3-7,9-10,15H,8,11H2,1-2H3. The van der Waals surface area contributed by atoms with Crippen LogP contribution in [0, 0.1) is 0 Å². The zero-order valence-corrected chi connectivity index (χ0v) is 12.2. The molecule has 0 saturated heterocycles. The van der Waals surface area contributed by atoms with Gasteiger partial charge in [-0.15, -0.1) is 11.8 Å². The molecule has 1 aliphatic rings. The molecule has 0 saturated carbocycles. The third-order valence-corrected chi connectivity index (χ3v) is 4.74. The maximum absolute atomic E-state index is 5.24. The van der Waals surface area contributed by atoms with Crippen LogP contribution in [-0.2, 0) is 6.42 Å². The first kappa shape index (κ1) is 12.6. The molecule has 3 rings (SSSR count). The molecule has 0 aromatic heterocycles. The number of hydrogen-bond donors (Lipinski definition) is 0. The van der Waals surface area contributed by atoms with Gasteiger partial charge in [0.1, 0.15) is 5.75 Å². The fraction of sp³-hybridized carbons (Fsp3) is 0.294. The molecule has 1 atom stereocenters. The van der Waals surface area contributed by atoms with Crippen LogP contribution in [0.25, 0.3) is 0 Å². The van der Waals surface area contributed by atoms with Gasteiger partial charge in [0.2, 0.25) is 0 Å². The molecule has 0 fully saturated rings. The summed E-state index contributed by atoms with van der Waals surface area (Å²) in [4.78, 5) is 1.43. The molecule has 98 valence electrons. The lowest BCUT2D eigenvalue weighted by Gasteiger charge is -2.15. The Morgan fingerprint density at radius 3 is 2.58 bits per heavy atom. The summed E-state index contributed by atoms with van der Waals surface area (Å²) in [6.45, 7) is 0. The van der Waals surface area contributed by atoms with Crippen LogP contribution in [0.3, 0.4) is 0 Å². The molecule has 1 nitrogen and oxygen atoms in total. The van der Waals surface area contributed by atoms with Crippen molar-refractivity contribution in [2.24, 2.45) is 0 Å². The molecule has 0 N–H and O–H groups in total. The molecule has 19 heavy (non-hydrogen) atoms. The van der Waals surface area contributed by atoms with Crippen molar-refractivity contribution in [3.63, 3.8) is 0 Å². The normalized spacial score (nSPS) is 17.3. The van der Waals surface area contributed by atoms with Gasteiger partial charge in [0.25, 0.3) is 0 Å². The average molecular weight is 270 g/mol. The minimum atomic E-state index is 0.546. The van der Waals surface area contributed by atoms with Crippen molar-refractivity contribution in [1.82, 2.24) is 0 Å². The Kier molecular flexibility index (Phi) is 3.52. The monoisotopic (exact) mass is 270 g/mol. The maximum Gasteiger partial charge on any atom is 0.118 e. The highest BCUT2D eigenvalue weighted by atomic mass is 32.2. The van der Waals surface area contributed by atoms with Crippen molar-refractivity contribution >= 4 is 11.8 Å². The van der Waals surface area contributed by atoms with Crippen molar-refractivity contribution < 1.29 is 4.74 Å². The molecule has 0 amide bonds. The highest BCUT2D eigenvalue weighted by Gasteiger charge is 2.26. The minimum absolute atomic E-state index is 0.546. The number of thioether (sulfide) groups is 1. The second kappa shape index (κ2) is 5.30. The Morgan fingerprint density at radius 1 is 1.11 bits per heavy atom. The summed E-state index contributed by atoms with van der Waals surface area (Å²) in [5, 5.41) is 0. The second-order valence-electron chi connectivity index (χ2n) is 4.90. The molecule has 0 heterocycles. The lowest BCUT2D eigenvalue weighted by atomic mass is 9.93. The Hall–Kier alpha value is -1.41. The van der Waals surface area contributed by atoms with Crippen molar-refractivity contribution in [1.29, 1.82) is 0 Å². The molecule has 0 aliphatic heterocycles. The molecular weight excluding hydrogens is 252 g/mol. The summed E-state index contributed by atoms with van der Waals surface area (Å²) >= 11 is 1.86. The Morgan fingerprint density at radius 2 is 1.89 bits per heavy atom. The van der Waals surface area contributed by atoms with Gasteiger partial charge in [0.15, 0.2) is 0 Å². The molecule has 1 unspecified atom stereocenters. The van der Waals surface area contributed by atoms with E-state index in [9.17, 15) is 0 Å². The van der Waals surface area contributed by atoms with Crippen LogP contribution < -0.4 is 4.74 Å². The molecule has 2 aromatic carbocycles. The molecule has 0 spiro atoms. The number of aryl methyl sites for hydroxylation is 1. The van der Waals surface area contributed by atoms with E-state index in [1.807, 2.05) is 11.8 Å². The average Bonchev–Trinajstić information content (AvgIpc) is 2.91. The number of fused-ring (bicyclic) bond motifs is 1. The van der Waals surface area contributed by atoms with Gasteiger partial charge in [0, 0.05) is 10.8 Å². The highest BCUT2D eigenvalue weighted by molar-refractivity contribution is 7.98. The van der Waals surface area contributed by atoms with E-state index >= 15 is 0 Å². The number of benzene rings is 2. The first-order valence-electron chi connectivity index (χ1n) is 6.63. The van der Waals surface area contributed by atoms with Crippen LogP contribution in [-0.4, -0.2) is 13.4 Å². The largest absolute Gasteiger partial charge is 0.497 e. The third-order valence-electron chi connectivity index (χ3n) is 3.95. The smallest absolute Gasteiger partial charge is 0.118 e. The van der Waals surface area contributed by atoms with Gasteiger partial charge >= 0.3 is 0 Å². The van der Waals surface area contributed by atoms with Crippen LogP contribution in [0.4, 0.5) is 0 Å². The quantitative estimate of drug-likeness (QED) is 0.760. The van der Waals surface area contributed by atoms with Crippen LogP contribution in [0.1, 0.15) is 29.0 Å². The van der Waals surface area contributed by atoms with Crippen molar-refractivity contribution in [2.45, 2.75) is 23.7 Å². The SMILES string of the molecule is COc1ccc(C2CCc3cccc(SC)c32)cc1. The molecule has 0 bridgehead atoms. The maximum atomic E-state index is 5.24. The summed E-state index contributed by atoms with van der Waals surface area (Å²) in [6.07, 6.45) is 4.58. The van der Waals surface area contributed by atoms with Gasteiger partial charge in [0.05, 0.1) is 7.11 Å². The van der Waals surface area contributed by atoms with Crippen LogP contribution in [0.15, 0.2) is 47.4 Å². The van der Waals surface area contributed by atoms with E-state index in [4.69, 9.17) is 4.74 Å². The van der Waals surface area contributed by atoms with Crippen molar-refractivity contribution in [2.75, 3.05) is 13.4 Å².